The van der Waals surface area contributed by atoms with Gasteiger partial charge >= 0.3 is 6.18 Å². The van der Waals surface area contributed by atoms with Crippen molar-refractivity contribution in [2.45, 2.75) is 6.18 Å². The number of benzene rings is 3. The Balaban J connectivity index is 2.18. The monoisotopic (exact) mass is 300 g/mol. The third kappa shape index (κ3) is 2.72. The molecule has 0 radical (unpaired) electrons. The van der Waals surface area contributed by atoms with Gasteiger partial charge in [0.25, 0.3) is 0 Å². The van der Waals surface area contributed by atoms with Crippen LogP contribution in [0.2, 0.25) is 0 Å². The van der Waals surface area contributed by atoms with Crippen molar-refractivity contribution in [1.82, 2.24) is 0 Å². The molecule has 0 saturated heterocycles. The Hall–Kier alpha value is -2.62. The fourth-order valence-electron chi connectivity index (χ4n) is 2.42. The van der Waals surface area contributed by atoms with Crippen molar-refractivity contribution in [3.05, 3.63) is 71.8 Å². The highest BCUT2D eigenvalue weighted by Crippen LogP contribution is 2.34. The standard InChI is InChI=1S/C18H11F3O/c19-18(20,21)17-8-12(11-22)7-16(10-17)15-6-5-13-3-1-2-4-14(13)9-15/h1-11H. The maximum absolute atomic E-state index is 12.9. The van der Waals surface area contributed by atoms with Crippen LogP contribution >= 0.6 is 0 Å². The number of halogens is 3. The lowest BCUT2D eigenvalue weighted by Crippen LogP contribution is -2.06. The van der Waals surface area contributed by atoms with Gasteiger partial charge in [0.1, 0.15) is 6.29 Å². The molecule has 110 valence electrons. The molecule has 0 aliphatic carbocycles. The van der Waals surface area contributed by atoms with Crippen LogP contribution in [0.25, 0.3) is 21.9 Å². The van der Waals surface area contributed by atoms with Crippen molar-refractivity contribution >= 4 is 17.1 Å². The van der Waals surface area contributed by atoms with Gasteiger partial charge in [0.05, 0.1) is 5.56 Å². The normalized spacial score (nSPS) is 11.6. The molecule has 3 aromatic rings. The molecular formula is C18H11F3O. The fraction of sp³-hybridized carbons (Fsp3) is 0.0556. The van der Waals surface area contributed by atoms with Gasteiger partial charge in [-0.2, -0.15) is 13.2 Å². The van der Waals surface area contributed by atoms with Crippen LogP contribution in [-0.2, 0) is 6.18 Å². The minimum absolute atomic E-state index is 0.0120. The van der Waals surface area contributed by atoms with Gasteiger partial charge in [-0.3, -0.25) is 4.79 Å². The maximum Gasteiger partial charge on any atom is 0.416 e. The van der Waals surface area contributed by atoms with E-state index in [0.717, 1.165) is 22.9 Å². The first kappa shape index (κ1) is 14.3. The van der Waals surface area contributed by atoms with Gasteiger partial charge in [0.2, 0.25) is 0 Å². The lowest BCUT2D eigenvalue weighted by molar-refractivity contribution is -0.137. The summed E-state index contributed by atoms with van der Waals surface area (Å²) >= 11 is 0. The minimum atomic E-state index is -4.48. The second-order valence-electron chi connectivity index (χ2n) is 5.02. The topological polar surface area (TPSA) is 17.1 Å². The molecule has 0 unspecified atom stereocenters. The Morgan fingerprint density at radius 1 is 0.773 bits per heavy atom. The van der Waals surface area contributed by atoms with Crippen LogP contribution in [-0.4, -0.2) is 6.29 Å². The molecule has 1 nitrogen and oxygen atoms in total. The average Bonchev–Trinajstić information content (AvgIpc) is 2.53. The van der Waals surface area contributed by atoms with E-state index in [9.17, 15) is 18.0 Å². The van der Waals surface area contributed by atoms with Gasteiger partial charge in [-0.25, -0.2) is 0 Å². The molecule has 3 rings (SSSR count). The third-order valence-corrected chi connectivity index (χ3v) is 3.50. The fourth-order valence-corrected chi connectivity index (χ4v) is 2.42. The van der Waals surface area contributed by atoms with Gasteiger partial charge < -0.3 is 0 Å². The summed E-state index contributed by atoms with van der Waals surface area (Å²) in [6.07, 6.45) is -4.05. The van der Waals surface area contributed by atoms with E-state index >= 15 is 0 Å². The van der Waals surface area contributed by atoms with E-state index in [2.05, 4.69) is 0 Å². The van der Waals surface area contributed by atoms with Crippen molar-refractivity contribution in [2.24, 2.45) is 0 Å². The summed E-state index contributed by atoms with van der Waals surface area (Å²) in [6.45, 7) is 0. The lowest BCUT2D eigenvalue weighted by Gasteiger charge is -2.11. The summed E-state index contributed by atoms with van der Waals surface area (Å²) in [4.78, 5) is 10.9. The number of carbonyl (C=O) groups is 1. The van der Waals surface area contributed by atoms with E-state index in [4.69, 9.17) is 0 Å². The second-order valence-corrected chi connectivity index (χ2v) is 5.02. The summed E-state index contributed by atoms with van der Waals surface area (Å²) in [5, 5.41) is 1.94. The van der Waals surface area contributed by atoms with Crippen LogP contribution in [0, 0.1) is 0 Å². The first-order chi connectivity index (χ1) is 10.5. The van der Waals surface area contributed by atoms with Crippen LogP contribution in [0.1, 0.15) is 15.9 Å². The van der Waals surface area contributed by atoms with E-state index in [1.807, 2.05) is 36.4 Å². The number of fused-ring (bicyclic) bond motifs is 1. The van der Waals surface area contributed by atoms with Crippen molar-refractivity contribution in [3.63, 3.8) is 0 Å². The summed E-state index contributed by atoms with van der Waals surface area (Å²) in [7, 11) is 0. The van der Waals surface area contributed by atoms with E-state index in [0.29, 0.717) is 17.4 Å². The third-order valence-electron chi connectivity index (χ3n) is 3.50. The number of hydrogen-bond acceptors (Lipinski definition) is 1. The van der Waals surface area contributed by atoms with Crippen molar-refractivity contribution in [1.29, 1.82) is 0 Å². The summed E-state index contributed by atoms with van der Waals surface area (Å²) < 4.78 is 38.8. The highest BCUT2D eigenvalue weighted by molar-refractivity contribution is 5.88. The van der Waals surface area contributed by atoms with Crippen LogP contribution in [0.4, 0.5) is 13.2 Å². The van der Waals surface area contributed by atoms with E-state index in [1.54, 1.807) is 6.07 Å². The lowest BCUT2D eigenvalue weighted by atomic mass is 9.97. The molecule has 22 heavy (non-hydrogen) atoms. The molecule has 4 heteroatoms. The molecule has 0 aliphatic heterocycles. The average molecular weight is 300 g/mol. The SMILES string of the molecule is O=Cc1cc(-c2ccc3ccccc3c2)cc(C(F)(F)F)c1. The molecule has 0 aromatic heterocycles. The van der Waals surface area contributed by atoms with Gasteiger partial charge in [-0.05, 0) is 46.2 Å². The number of carbonyl (C=O) groups excluding carboxylic acids is 1. The number of rotatable bonds is 2. The maximum atomic E-state index is 12.9. The molecule has 0 atom stereocenters. The largest absolute Gasteiger partial charge is 0.416 e. The second kappa shape index (κ2) is 5.30. The molecule has 0 heterocycles. The predicted molar refractivity (Wildman–Crippen MR) is 79.8 cm³/mol. The smallest absolute Gasteiger partial charge is 0.298 e. The number of aldehydes is 1. The Kier molecular flexibility index (Phi) is 3.45. The van der Waals surface area contributed by atoms with Crippen LogP contribution in [0.5, 0.6) is 0 Å². The van der Waals surface area contributed by atoms with E-state index in [1.165, 1.54) is 6.07 Å². The van der Waals surface area contributed by atoms with Gasteiger partial charge in [-0.1, -0.05) is 36.4 Å². The van der Waals surface area contributed by atoms with Crippen molar-refractivity contribution < 1.29 is 18.0 Å². The molecule has 0 fully saturated rings. The first-order valence-electron chi connectivity index (χ1n) is 6.64. The number of hydrogen-bond donors (Lipinski definition) is 0. The van der Waals surface area contributed by atoms with E-state index in [-0.39, 0.29) is 5.56 Å². The van der Waals surface area contributed by atoms with Crippen LogP contribution < -0.4 is 0 Å². The Labute approximate surface area is 125 Å². The molecule has 3 aromatic carbocycles. The first-order valence-corrected chi connectivity index (χ1v) is 6.64. The van der Waals surface area contributed by atoms with E-state index < -0.39 is 11.7 Å². The predicted octanol–water partition coefficient (Wildman–Crippen LogP) is 5.34. The van der Waals surface area contributed by atoms with Crippen LogP contribution in [0.3, 0.4) is 0 Å². The quantitative estimate of drug-likeness (QED) is 0.584. The van der Waals surface area contributed by atoms with Crippen molar-refractivity contribution in [2.75, 3.05) is 0 Å². The molecular weight excluding hydrogens is 289 g/mol. The molecule has 0 bridgehead atoms. The summed E-state index contributed by atoms with van der Waals surface area (Å²) in [5.74, 6) is 0. The Morgan fingerprint density at radius 2 is 1.50 bits per heavy atom. The summed E-state index contributed by atoms with van der Waals surface area (Å²) in [5.41, 5.74) is 0.217. The van der Waals surface area contributed by atoms with Gasteiger partial charge in [-0.15, -0.1) is 0 Å². The summed E-state index contributed by atoms with van der Waals surface area (Å²) in [6, 6.07) is 16.4. The van der Waals surface area contributed by atoms with Crippen LogP contribution in [0.15, 0.2) is 60.7 Å². The zero-order valence-corrected chi connectivity index (χ0v) is 11.4. The molecule has 0 saturated carbocycles. The Bertz CT molecular complexity index is 850. The minimum Gasteiger partial charge on any atom is -0.298 e. The Morgan fingerprint density at radius 3 is 2.18 bits per heavy atom. The molecule has 0 amide bonds. The highest BCUT2D eigenvalue weighted by Gasteiger charge is 2.31. The molecule has 0 aliphatic rings. The molecule has 0 N–H and O–H groups in total. The highest BCUT2D eigenvalue weighted by atomic mass is 19.4. The van der Waals surface area contributed by atoms with Gasteiger partial charge in [0.15, 0.2) is 0 Å². The zero-order chi connectivity index (χ0) is 15.7. The number of alkyl halides is 3. The van der Waals surface area contributed by atoms with Gasteiger partial charge in [0, 0.05) is 5.56 Å². The van der Waals surface area contributed by atoms with Crippen molar-refractivity contribution in [3.8, 4) is 11.1 Å². The zero-order valence-electron chi connectivity index (χ0n) is 11.4. The molecule has 0 spiro atoms.